The van der Waals surface area contributed by atoms with Gasteiger partial charge in [-0.2, -0.15) is 0 Å². The molecule has 1 aromatic carbocycles. The van der Waals surface area contributed by atoms with E-state index in [1.165, 1.54) is 24.2 Å². The number of rotatable bonds is 7. The van der Waals surface area contributed by atoms with Crippen LogP contribution < -0.4 is 5.73 Å². The fourth-order valence-corrected chi connectivity index (χ4v) is 4.07. The van der Waals surface area contributed by atoms with Gasteiger partial charge in [-0.3, -0.25) is 4.90 Å². The van der Waals surface area contributed by atoms with E-state index in [0.717, 1.165) is 38.3 Å². The highest BCUT2D eigenvalue weighted by Crippen LogP contribution is 2.42. The molecule has 1 saturated heterocycles. The van der Waals surface area contributed by atoms with Crippen molar-refractivity contribution >= 4 is 0 Å². The molecule has 2 saturated carbocycles. The van der Waals surface area contributed by atoms with Gasteiger partial charge in [-0.15, -0.1) is 10.2 Å². The Balaban J connectivity index is 1.15. The summed E-state index contributed by atoms with van der Waals surface area (Å²) in [5.41, 5.74) is 7.21. The summed E-state index contributed by atoms with van der Waals surface area (Å²) in [6.45, 7) is 3.54. The maximum absolute atomic E-state index is 6.01. The van der Waals surface area contributed by atoms with E-state index in [2.05, 4.69) is 43.9 Å². The van der Waals surface area contributed by atoms with Crippen LogP contribution in [-0.4, -0.2) is 44.9 Å². The minimum Gasteiger partial charge on any atom is -0.371 e. The monoisotopic (exact) mass is 353 g/mol. The maximum atomic E-state index is 6.01. The van der Waals surface area contributed by atoms with Crippen LogP contribution in [-0.2, 0) is 17.9 Å². The van der Waals surface area contributed by atoms with Crippen LogP contribution in [0.4, 0.5) is 0 Å². The largest absolute Gasteiger partial charge is 0.371 e. The van der Waals surface area contributed by atoms with Gasteiger partial charge in [0.1, 0.15) is 11.6 Å². The van der Waals surface area contributed by atoms with Gasteiger partial charge in [0.2, 0.25) is 0 Å². The van der Waals surface area contributed by atoms with E-state index >= 15 is 0 Å². The van der Waals surface area contributed by atoms with Crippen molar-refractivity contribution in [3.8, 4) is 0 Å². The van der Waals surface area contributed by atoms with E-state index in [-0.39, 0.29) is 0 Å². The summed E-state index contributed by atoms with van der Waals surface area (Å²) in [6.07, 6.45) is 4.98. The number of ether oxygens (including phenoxy) is 1. The third kappa shape index (κ3) is 3.29. The molecule has 0 spiro atoms. The molecule has 3 fully saturated rings. The van der Waals surface area contributed by atoms with Crippen molar-refractivity contribution in [3.63, 3.8) is 0 Å². The van der Waals surface area contributed by atoms with E-state index in [1.54, 1.807) is 0 Å². The molecular weight excluding hydrogens is 326 g/mol. The molecule has 2 N–H and O–H groups in total. The number of nitrogens with zero attached hydrogens (tertiary/aromatic N) is 4. The summed E-state index contributed by atoms with van der Waals surface area (Å²) in [4.78, 5) is 2.41. The summed E-state index contributed by atoms with van der Waals surface area (Å²) >= 11 is 0. The zero-order valence-electron chi connectivity index (χ0n) is 15.1. The van der Waals surface area contributed by atoms with Crippen LogP contribution in [0.2, 0.25) is 0 Å². The topological polar surface area (TPSA) is 69.2 Å². The summed E-state index contributed by atoms with van der Waals surface area (Å²) in [7, 11) is 0. The number of hydrogen-bond donors (Lipinski definition) is 1. The van der Waals surface area contributed by atoms with Crippen LogP contribution in [0.1, 0.15) is 54.9 Å². The number of hydrogen-bond acceptors (Lipinski definition) is 5. The standard InChI is InChI=1S/C20H27N5O/c21-16-8-15(9-16)20-23-22-19(25(20)17-6-7-17)12-24-10-18(11-24)26-13-14-4-2-1-3-5-14/h1-5,15-18H,6-13,21H2. The average Bonchev–Trinajstić information content (AvgIpc) is 3.35. The quantitative estimate of drug-likeness (QED) is 0.826. The van der Waals surface area contributed by atoms with Crippen molar-refractivity contribution in [2.45, 2.75) is 62.9 Å². The van der Waals surface area contributed by atoms with Gasteiger partial charge in [-0.25, -0.2) is 0 Å². The molecule has 26 heavy (non-hydrogen) atoms. The van der Waals surface area contributed by atoms with Gasteiger partial charge in [0, 0.05) is 31.1 Å². The Kier molecular flexibility index (Phi) is 4.27. The third-order valence-corrected chi connectivity index (χ3v) is 5.86. The fourth-order valence-electron chi connectivity index (χ4n) is 4.07. The number of nitrogens with two attached hydrogens (primary N) is 1. The van der Waals surface area contributed by atoms with Gasteiger partial charge < -0.3 is 15.0 Å². The van der Waals surface area contributed by atoms with Crippen molar-refractivity contribution in [2.24, 2.45) is 5.73 Å². The molecule has 0 radical (unpaired) electrons. The molecule has 2 aliphatic carbocycles. The summed E-state index contributed by atoms with van der Waals surface area (Å²) in [5.74, 6) is 2.83. The van der Waals surface area contributed by atoms with Gasteiger partial charge in [-0.1, -0.05) is 30.3 Å². The third-order valence-electron chi connectivity index (χ3n) is 5.86. The maximum Gasteiger partial charge on any atom is 0.147 e. The molecule has 0 amide bonds. The van der Waals surface area contributed by atoms with Gasteiger partial charge in [0.15, 0.2) is 0 Å². The zero-order chi connectivity index (χ0) is 17.5. The molecule has 2 heterocycles. The Morgan fingerprint density at radius 1 is 1.08 bits per heavy atom. The Labute approximate surface area is 154 Å². The lowest BCUT2D eigenvalue weighted by atomic mass is 9.80. The second-order valence-corrected chi connectivity index (χ2v) is 8.12. The highest BCUT2D eigenvalue weighted by Gasteiger charge is 2.38. The van der Waals surface area contributed by atoms with Crippen LogP contribution in [0, 0.1) is 0 Å². The molecule has 0 unspecified atom stereocenters. The van der Waals surface area contributed by atoms with Crippen molar-refractivity contribution < 1.29 is 4.74 Å². The van der Waals surface area contributed by atoms with Gasteiger partial charge in [-0.05, 0) is 31.2 Å². The molecule has 0 bridgehead atoms. The average molecular weight is 353 g/mol. The molecule has 6 nitrogen and oxygen atoms in total. The molecule has 1 aliphatic heterocycles. The van der Waals surface area contributed by atoms with Gasteiger partial charge >= 0.3 is 0 Å². The number of benzene rings is 1. The van der Waals surface area contributed by atoms with Crippen molar-refractivity contribution in [3.05, 3.63) is 47.5 Å². The Morgan fingerprint density at radius 3 is 2.54 bits per heavy atom. The van der Waals surface area contributed by atoms with E-state index in [0.29, 0.717) is 30.7 Å². The van der Waals surface area contributed by atoms with Crippen molar-refractivity contribution in [1.29, 1.82) is 0 Å². The Hall–Kier alpha value is -1.76. The fraction of sp³-hybridized carbons (Fsp3) is 0.600. The van der Waals surface area contributed by atoms with Crippen LogP contribution in [0.5, 0.6) is 0 Å². The minimum absolute atomic E-state index is 0.330. The first-order chi connectivity index (χ1) is 12.8. The van der Waals surface area contributed by atoms with Crippen molar-refractivity contribution in [2.75, 3.05) is 13.1 Å². The highest BCUT2D eigenvalue weighted by atomic mass is 16.5. The normalized spacial score (nSPS) is 26.5. The predicted molar refractivity (Wildman–Crippen MR) is 98.5 cm³/mol. The summed E-state index contributed by atoms with van der Waals surface area (Å²) < 4.78 is 8.43. The Morgan fingerprint density at radius 2 is 1.85 bits per heavy atom. The van der Waals surface area contributed by atoms with Crippen LogP contribution in [0.25, 0.3) is 0 Å². The molecule has 138 valence electrons. The first kappa shape index (κ1) is 16.4. The molecule has 1 aromatic heterocycles. The second-order valence-electron chi connectivity index (χ2n) is 8.12. The SMILES string of the molecule is NC1CC(c2nnc(CN3CC(OCc4ccccc4)C3)n2C2CC2)C1. The smallest absolute Gasteiger partial charge is 0.147 e. The molecule has 3 aliphatic rings. The predicted octanol–water partition coefficient (Wildman–Crippen LogP) is 2.22. The number of likely N-dealkylation sites (tertiary alicyclic amines) is 1. The van der Waals surface area contributed by atoms with E-state index in [1.807, 2.05) is 6.07 Å². The van der Waals surface area contributed by atoms with Gasteiger partial charge in [0.05, 0.1) is 19.3 Å². The van der Waals surface area contributed by atoms with Crippen LogP contribution in [0.15, 0.2) is 30.3 Å². The van der Waals surface area contributed by atoms with Crippen LogP contribution in [0.3, 0.4) is 0 Å². The van der Waals surface area contributed by atoms with Gasteiger partial charge in [0.25, 0.3) is 0 Å². The molecule has 0 atom stereocenters. The van der Waals surface area contributed by atoms with Crippen LogP contribution >= 0.6 is 0 Å². The number of aromatic nitrogens is 3. The minimum atomic E-state index is 0.330. The molecule has 6 heteroatoms. The van der Waals surface area contributed by atoms with E-state index in [9.17, 15) is 0 Å². The highest BCUT2D eigenvalue weighted by molar-refractivity contribution is 5.14. The molecular formula is C20H27N5O. The lowest BCUT2D eigenvalue weighted by Gasteiger charge is -2.38. The van der Waals surface area contributed by atoms with Crippen molar-refractivity contribution in [1.82, 2.24) is 19.7 Å². The van der Waals surface area contributed by atoms with E-state index < -0.39 is 0 Å². The summed E-state index contributed by atoms with van der Waals surface area (Å²) in [5, 5.41) is 9.08. The lowest BCUT2D eigenvalue weighted by Crippen LogP contribution is -2.51. The summed E-state index contributed by atoms with van der Waals surface area (Å²) in [6, 6.07) is 11.4. The van der Waals surface area contributed by atoms with E-state index in [4.69, 9.17) is 10.5 Å². The Bertz CT molecular complexity index is 745. The molecule has 2 aromatic rings. The first-order valence-corrected chi connectivity index (χ1v) is 9.83. The zero-order valence-corrected chi connectivity index (χ0v) is 15.1. The molecule has 5 rings (SSSR count). The second kappa shape index (κ2) is 6.76. The first-order valence-electron chi connectivity index (χ1n) is 9.83. The lowest BCUT2D eigenvalue weighted by molar-refractivity contribution is -0.0670.